The lowest BCUT2D eigenvalue weighted by Crippen LogP contribution is -2.47. The molecule has 0 aliphatic carbocycles. The van der Waals surface area contributed by atoms with E-state index in [0.29, 0.717) is 11.3 Å². The molecule has 1 aliphatic rings. The minimum atomic E-state index is -0.726. The molecule has 8 heteroatoms. The first-order chi connectivity index (χ1) is 14.1. The number of hydrogen-bond donors (Lipinski definition) is 2. The first-order valence-corrected chi connectivity index (χ1v) is 8.99. The molecule has 0 radical (unpaired) electrons. The number of urea groups is 1. The summed E-state index contributed by atoms with van der Waals surface area (Å²) in [6.07, 6.45) is 4.13. The summed E-state index contributed by atoms with van der Waals surface area (Å²) in [4.78, 5) is 36.7. The van der Waals surface area contributed by atoms with Crippen LogP contribution in [0.2, 0.25) is 0 Å². The van der Waals surface area contributed by atoms with E-state index in [0.717, 1.165) is 0 Å². The molecule has 2 N–H and O–H groups in total. The molecule has 29 heavy (non-hydrogen) atoms. The molecule has 2 amide bonds. The third-order valence-electron chi connectivity index (χ3n) is 4.07. The van der Waals surface area contributed by atoms with Crippen molar-refractivity contribution >= 4 is 24.0 Å². The van der Waals surface area contributed by atoms with Gasteiger partial charge in [-0.2, -0.15) is 0 Å². The number of carbonyl (C=O) groups is 3. The van der Waals surface area contributed by atoms with Crippen molar-refractivity contribution in [3.05, 3.63) is 77.4 Å². The highest BCUT2D eigenvalue weighted by molar-refractivity contribution is 5.95. The van der Waals surface area contributed by atoms with E-state index in [9.17, 15) is 14.4 Å². The van der Waals surface area contributed by atoms with Gasteiger partial charge < -0.3 is 24.5 Å². The molecular weight excluding hydrogens is 376 g/mol. The van der Waals surface area contributed by atoms with Crippen LogP contribution in [0.5, 0.6) is 0 Å². The Balaban J connectivity index is 1.83. The van der Waals surface area contributed by atoms with Crippen LogP contribution in [0.3, 0.4) is 0 Å². The Labute approximate surface area is 167 Å². The molecule has 1 aromatic carbocycles. The van der Waals surface area contributed by atoms with Gasteiger partial charge in [-0.3, -0.25) is 0 Å². The SMILES string of the molecule is CCOC(=O)C1=C(COC(=O)C=Cc2ccco2)NC(=O)NC1c1ccccc1. The van der Waals surface area contributed by atoms with Crippen molar-refractivity contribution in [2.45, 2.75) is 13.0 Å². The van der Waals surface area contributed by atoms with Crippen molar-refractivity contribution in [2.24, 2.45) is 0 Å². The lowest BCUT2D eigenvalue weighted by Gasteiger charge is -2.29. The normalized spacial score (nSPS) is 16.3. The lowest BCUT2D eigenvalue weighted by atomic mass is 9.95. The molecule has 2 heterocycles. The molecule has 1 unspecified atom stereocenters. The van der Waals surface area contributed by atoms with Gasteiger partial charge in [0, 0.05) is 6.08 Å². The van der Waals surface area contributed by atoms with Crippen LogP contribution in [0.4, 0.5) is 4.79 Å². The monoisotopic (exact) mass is 396 g/mol. The van der Waals surface area contributed by atoms with Crippen molar-refractivity contribution < 1.29 is 28.3 Å². The fourth-order valence-corrected chi connectivity index (χ4v) is 2.80. The Hall–Kier alpha value is -3.81. The summed E-state index contributed by atoms with van der Waals surface area (Å²) in [7, 11) is 0. The first-order valence-electron chi connectivity index (χ1n) is 8.99. The molecule has 0 fully saturated rings. The van der Waals surface area contributed by atoms with Crippen LogP contribution < -0.4 is 10.6 Å². The minimum Gasteiger partial charge on any atom is -0.465 e. The zero-order valence-electron chi connectivity index (χ0n) is 15.7. The second kappa shape index (κ2) is 9.41. The molecular formula is C21H20N2O6. The molecule has 150 valence electrons. The van der Waals surface area contributed by atoms with E-state index in [-0.39, 0.29) is 24.5 Å². The fourth-order valence-electron chi connectivity index (χ4n) is 2.80. The standard InChI is InChI=1S/C21H20N2O6/c1-2-27-20(25)18-16(13-29-17(24)11-10-15-9-6-12-28-15)22-21(26)23-19(18)14-7-4-3-5-8-14/h3-12,19H,2,13H2,1H3,(H2,22,23,26). The Morgan fingerprint density at radius 1 is 1.14 bits per heavy atom. The molecule has 1 atom stereocenters. The maximum Gasteiger partial charge on any atom is 0.338 e. The van der Waals surface area contributed by atoms with Crippen molar-refractivity contribution in [1.82, 2.24) is 10.6 Å². The summed E-state index contributed by atoms with van der Waals surface area (Å²) >= 11 is 0. The third kappa shape index (κ3) is 5.13. The Morgan fingerprint density at radius 3 is 2.62 bits per heavy atom. The molecule has 1 aliphatic heterocycles. The summed E-state index contributed by atoms with van der Waals surface area (Å²) < 4.78 is 15.4. The number of nitrogens with one attached hydrogen (secondary N) is 2. The van der Waals surface area contributed by atoms with Gasteiger partial charge in [0.25, 0.3) is 0 Å². The van der Waals surface area contributed by atoms with Gasteiger partial charge >= 0.3 is 18.0 Å². The summed E-state index contributed by atoms with van der Waals surface area (Å²) in [6.45, 7) is 1.55. The average molecular weight is 396 g/mol. The molecule has 0 spiro atoms. The van der Waals surface area contributed by atoms with Gasteiger partial charge in [-0.1, -0.05) is 30.3 Å². The number of esters is 2. The number of carbonyl (C=O) groups excluding carboxylic acids is 3. The van der Waals surface area contributed by atoms with E-state index in [1.54, 1.807) is 43.3 Å². The average Bonchev–Trinajstić information content (AvgIpc) is 3.24. The highest BCUT2D eigenvalue weighted by Crippen LogP contribution is 2.27. The van der Waals surface area contributed by atoms with Gasteiger partial charge in [-0.05, 0) is 30.7 Å². The quantitative estimate of drug-likeness (QED) is 0.551. The van der Waals surface area contributed by atoms with Crippen LogP contribution in [0.1, 0.15) is 24.3 Å². The maximum absolute atomic E-state index is 12.6. The van der Waals surface area contributed by atoms with Crippen LogP contribution in [0.15, 0.2) is 70.5 Å². The van der Waals surface area contributed by atoms with Crippen LogP contribution in [0, 0.1) is 0 Å². The highest BCUT2D eigenvalue weighted by Gasteiger charge is 2.34. The largest absolute Gasteiger partial charge is 0.465 e. The van der Waals surface area contributed by atoms with E-state index in [4.69, 9.17) is 13.9 Å². The summed E-state index contributed by atoms with van der Waals surface area (Å²) in [5, 5.41) is 5.25. The van der Waals surface area contributed by atoms with Gasteiger partial charge in [0.2, 0.25) is 0 Å². The number of rotatable bonds is 7. The van der Waals surface area contributed by atoms with E-state index in [1.807, 2.05) is 6.07 Å². The van der Waals surface area contributed by atoms with Crippen molar-refractivity contribution in [3.63, 3.8) is 0 Å². The van der Waals surface area contributed by atoms with Crippen molar-refractivity contribution in [3.8, 4) is 0 Å². The van der Waals surface area contributed by atoms with Crippen LogP contribution in [-0.2, 0) is 19.1 Å². The van der Waals surface area contributed by atoms with Gasteiger partial charge in [-0.15, -0.1) is 0 Å². The molecule has 0 saturated carbocycles. The Kier molecular flexibility index (Phi) is 6.47. The lowest BCUT2D eigenvalue weighted by molar-refractivity contribution is -0.140. The van der Waals surface area contributed by atoms with Crippen molar-refractivity contribution in [1.29, 1.82) is 0 Å². The van der Waals surface area contributed by atoms with Gasteiger partial charge in [0.05, 0.1) is 30.2 Å². The zero-order valence-corrected chi connectivity index (χ0v) is 15.7. The third-order valence-corrected chi connectivity index (χ3v) is 4.07. The fraction of sp³-hybridized carbons (Fsp3) is 0.190. The number of hydrogen-bond acceptors (Lipinski definition) is 6. The smallest absolute Gasteiger partial charge is 0.338 e. The van der Waals surface area contributed by atoms with E-state index < -0.39 is 24.0 Å². The summed E-state index contributed by atoms with van der Waals surface area (Å²) in [6, 6.07) is 11.1. The molecule has 0 bridgehead atoms. The Bertz CT molecular complexity index is 931. The predicted octanol–water partition coefficient (Wildman–Crippen LogP) is 2.71. The van der Waals surface area contributed by atoms with Crippen LogP contribution >= 0.6 is 0 Å². The molecule has 2 aromatic rings. The number of furan rings is 1. The maximum atomic E-state index is 12.6. The van der Waals surface area contributed by atoms with Gasteiger partial charge in [-0.25, -0.2) is 14.4 Å². The highest BCUT2D eigenvalue weighted by atomic mass is 16.5. The molecule has 0 saturated heterocycles. The van der Waals surface area contributed by atoms with Crippen LogP contribution in [-0.4, -0.2) is 31.2 Å². The summed E-state index contributed by atoms with van der Waals surface area (Å²) in [5.41, 5.74) is 1.05. The number of amides is 2. The molecule has 8 nitrogen and oxygen atoms in total. The minimum absolute atomic E-state index is 0.163. The predicted molar refractivity (Wildman–Crippen MR) is 103 cm³/mol. The molecule has 1 aromatic heterocycles. The first kappa shape index (κ1) is 19.9. The second-order valence-corrected chi connectivity index (χ2v) is 6.01. The van der Waals surface area contributed by atoms with Gasteiger partial charge in [0.15, 0.2) is 0 Å². The topological polar surface area (TPSA) is 107 Å². The van der Waals surface area contributed by atoms with Crippen molar-refractivity contribution in [2.75, 3.05) is 13.2 Å². The summed E-state index contributed by atoms with van der Waals surface area (Å²) in [5.74, 6) is -0.764. The van der Waals surface area contributed by atoms with E-state index in [1.165, 1.54) is 18.4 Å². The zero-order chi connectivity index (χ0) is 20.6. The number of benzene rings is 1. The molecule has 3 rings (SSSR count). The Morgan fingerprint density at radius 2 is 1.93 bits per heavy atom. The van der Waals surface area contributed by atoms with Gasteiger partial charge in [0.1, 0.15) is 12.4 Å². The second-order valence-electron chi connectivity index (χ2n) is 6.01. The number of ether oxygens (including phenoxy) is 2. The van der Waals surface area contributed by atoms with E-state index in [2.05, 4.69) is 10.6 Å². The van der Waals surface area contributed by atoms with E-state index >= 15 is 0 Å². The van der Waals surface area contributed by atoms with Crippen LogP contribution in [0.25, 0.3) is 6.08 Å².